The number of aromatic nitrogens is 1. The average Bonchev–Trinajstić information content (AvgIpc) is 2.43. The van der Waals surface area contributed by atoms with Crippen LogP contribution in [0.25, 0.3) is 0 Å². The summed E-state index contributed by atoms with van der Waals surface area (Å²) in [5, 5.41) is 0. The zero-order valence-corrected chi connectivity index (χ0v) is 11.5. The Morgan fingerprint density at radius 2 is 2.16 bits per heavy atom. The standard InChI is InChI=1S/C14H20N2O3/c1-3-19-14(18)8-10-16(2)13(17)7-6-12-5-4-9-15-11-12/h4-5,9,11H,3,6-8,10H2,1-2H3. The first-order chi connectivity index (χ1) is 9.13. The second kappa shape index (κ2) is 8.24. The molecule has 0 unspecified atom stereocenters. The third-order valence-electron chi connectivity index (χ3n) is 2.73. The van der Waals surface area contributed by atoms with E-state index in [1.165, 1.54) is 0 Å². The van der Waals surface area contributed by atoms with E-state index in [4.69, 9.17) is 4.74 Å². The predicted molar refractivity (Wildman–Crippen MR) is 71.4 cm³/mol. The van der Waals surface area contributed by atoms with Crippen LogP contribution in [0.4, 0.5) is 0 Å². The zero-order valence-electron chi connectivity index (χ0n) is 11.5. The fraction of sp³-hybridized carbons (Fsp3) is 0.500. The van der Waals surface area contributed by atoms with Crippen molar-refractivity contribution >= 4 is 11.9 Å². The van der Waals surface area contributed by atoms with Gasteiger partial charge in [0.05, 0.1) is 13.0 Å². The van der Waals surface area contributed by atoms with Gasteiger partial charge in [0.25, 0.3) is 0 Å². The topological polar surface area (TPSA) is 59.5 Å². The molecule has 1 rings (SSSR count). The summed E-state index contributed by atoms with van der Waals surface area (Å²) >= 11 is 0. The van der Waals surface area contributed by atoms with Crippen LogP contribution in [0.3, 0.4) is 0 Å². The number of aryl methyl sites for hydroxylation is 1. The molecule has 0 aliphatic heterocycles. The first-order valence-corrected chi connectivity index (χ1v) is 6.42. The Kier molecular flexibility index (Phi) is 6.57. The van der Waals surface area contributed by atoms with E-state index in [1.54, 1.807) is 31.3 Å². The molecule has 0 radical (unpaired) electrons. The molecular formula is C14H20N2O3. The van der Waals surface area contributed by atoms with Crippen LogP contribution in [0.2, 0.25) is 0 Å². The molecule has 0 fully saturated rings. The van der Waals surface area contributed by atoms with E-state index in [9.17, 15) is 9.59 Å². The van der Waals surface area contributed by atoms with E-state index in [0.717, 1.165) is 5.56 Å². The number of nitrogens with zero attached hydrogens (tertiary/aromatic N) is 2. The fourth-order valence-electron chi connectivity index (χ4n) is 1.60. The number of hydrogen-bond donors (Lipinski definition) is 0. The third kappa shape index (κ3) is 5.99. The average molecular weight is 264 g/mol. The second-order valence-electron chi connectivity index (χ2n) is 4.23. The lowest BCUT2D eigenvalue weighted by Gasteiger charge is -2.16. The second-order valence-corrected chi connectivity index (χ2v) is 4.23. The molecule has 0 atom stereocenters. The van der Waals surface area contributed by atoms with Gasteiger partial charge in [0.2, 0.25) is 5.91 Å². The van der Waals surface area contributed by atoms with Crippen molar-refractivity contribution in [1.29, 1.82) is 0 Å². The quantitative estimate of drug-likeness (QED) is 0.699. The van der Waals surface area contributed by atoms with Crippen molar-refractivity contribution in [2.24, 2.45) is 0 Å². The van der Waals surface area contributed by atoms with Crippen molar-refractivity contribution in [3.8, 4) is 0 Å². The fourth-order valence-corrected chi connectivity index (χ4v) is 1.60. The van der Waals surface area contributed by atoms with E-state index in [-0.39, 0.29) is 18.3 Å². The molecule has 1 amide bonds. The first kappa shape index (κ1) is 15.1. The van der Waals surface area contributed by atoms with Crippen molar-refractivity contribution < 1.29 is 14.3 Å². The van der Waals surface area contributed by atoms with E-state index in [0.29, 0.717) is 26.0 Å². The number of esters is 1. The number of pyridine rings is 1. The highest BCUT2D eigenvalue weighted by Crippen LogP contribution is 2.03. The number of hydrogen-bond acceptors (Lipinski definition) is 4. The largest absolute Gasteiger partial charge is 0.466 e. The van der Waals surface area contributed by atoms with E-state index < -0.39 is 0 Å². The summed E-state index contributed by atoms with van der Waals surface area (Å²) in [5.74, 6) is -0.248. The summed E-state index contributed by atoms with van der Waals surface area (Å²) in [6.07, 6.45) is 4.78. The highest BCUT2D eigenvalue weighted by Gasteiger charge is 2.11. The van der Waals surface area contributed by atoms with Crippen LogP contribution in [-0.4, -0.2) is 42.0 Å². The minimum Gasteiger partial charge on any atom is -0.466 e. The number of ether oxygens (including phenoxy) is 1. The van der Waals surface area contributed by atoms with Crippen LogP contribution in [-0.2, 0) is 20.7 Å². The predicted octanol–water partition coefficient (Wildman–Crippen LogP) is 1.43. The maximum absolute atomic E-state index is 11.8. The molecule has 0 aliphatic carbocycles. The van der Waals surface area contributed by atoms with Crippen molar-refractivity contribution in [3.63, 3.8) is 0 Å². The van der Waals surface area contributed by atoms with Crippen molar-refractivity contribution in [3.05, 3.63) is 30.1 Å². The van der Waals surface area contributed by atoms with Crippen LogP contribution in [0.15, 0.2) is 24.5 Å². The summed E-state index contributed by atoms with van der Waals surface area (Å²) in [4.78, 5) is 28.6. The van der Waals surface area contributed by atoms with Crippen molar-refractivity contribution in [1.82, 2.24) is 9.88 Å². The molecular weight excluding hydrogens is 244 g/mol. The van der Waals surface area contributed by atoms with Gasteiger partial charge in [0.15, 0.2) is 0 Å². The third-order valence-corrected chi connectivity index (χ3v) is 2.73. The maximum atomic E-state index is 11.8. The Balaban J connectivity index is 2.27. The molecule has 5 nitrogen and oxygen atoms in total. The van der Waals surface area contributed by atoms with Crippen molar-refractivity contribution in [2.75, 3.05) is 20.2 Å². The van der Waals surface area contributed by atoms with Crippen LogP contribution in [0.1, 0.15) is 25.3 Å². The molecule has 0 aliphatic rings. The minimum atomic E-state index is -0.269. The molecule has 0 saturated carbocycles. The summed E-state index contributed by atoms with van der Waals surface area (Å²) in [6.45, 7) is 2.53. The maximum Gasteiger partial charge on any atom is 0.307 e. The summed E-state index contributed by atoms with van der Waals surface area (Å²) < 4.78 is 4.82. The van der Waals surface area contributed by atoms with Gasteiger partial charge in [-0.2, -0.15) is 0 Å². The molecule has 0 aromatic carbocycles. The summed E-state index contributed by atoms with van der Waals surface area (Å²) in [7, 11) is 1.70. The normalized spacial score (nSPS) is 10.0. The Bertz CT molecular complexity index is 406. The number of amides is 1. The first-order valence-electron chi connectivity index (χ1n) is 6.42. The van der Waals surface area contributed by atoms with Gasteiger partial charge in [-0.3, -0.25) is 14.6 Å². The van der Waals surface area contributed by atoms with Gasteiger partial charge in [-0.15, -0.1) is 0 Å². The van der Waals surface area contributed by atoms with E-state index >= 15 is 0 Å². The molecule has 0 saturated heterocycles. The van der Waals surface area contributed by atoms with Crippen LogP contribution in [0, 0.1) is 0 Å². The molecule has 0 N–H and O–H groups in total. The monoisotopic (exact) mass is 264 g/mol. The lowest BCUT2D eigenvalue weighted by molar-refractivity contribution is -0.143. The Morgan fingerprint density at radius 3 is 2.79 bits per heavy atom. The highest BCUT2D eigenvalue weighted by atomic mass is 16.5. The molecule has 0 spiro atoms. The molecule has 1 heterocycles. The van der Waals surface area contributed by atoms with Crippen LogP contribution in [0.5, 0.6) is 0 Å². The number of carbonyl (C=O) groups excluding carboxylic acids is 2. The van der Waals surface area contributed by atoms with Gasteiger partial charge >= 0.3 is 5.97 Å². The van der Waals surface area contributed by atoms with E-state index in [2.05, 4.69) is 4.98 Å². The zero-order chi connectivity index (χ0) is 14.1. The summed E-state index contributed by atoms with van der Waals surface area (Å²) in [5.41, 5.74) is 1.04. The van der Waals surface area contributed by atoms with E-state index in [1.807, 2.05) is 12.1 Å². The van der Waals surface area contributed by atoms with Gasteiger partial charge < -0.3 is 9.64 Å². The molecule has 0 bridgehead atoms. The van der Waals surface area contributed by atoms with Gasteiger partial charge in [0, 0.05) is 32.4 Å². The minimum absolute atomic E-state index is 0.0214. The van der Waals surface area contributed by atoms with Gasteiger partial charge in [-0.1, -0.05) is 6.07 Å². The lowest BCUT2D eigenvalue weighted by Crippen LogP contribution is -2.29. The number of rotatable bonds is 7. The van der Waals surface area contributed by atoms with Crippen molar-refractivity contribution in [2.45, 2.75) is 26.2 Å². The van der Waals surface area contributed by atoms with Gasteiger partial charge in [-0.25, -0.2) is 0 Å². The van der Waals surface area contributed by atoms with Gasteiger partial charge in [-0.05, 0) is 25.0 Å². The molecule has 5 heteroatoms. The SMILES string of the molecule is CCOC(=O)CCN(C)C(=O)CCc1cccnc1. The smallest absolute Gasteiger partial charge is 0.307 e. The summed E-state index contributed by atoms with van der Waals surface area (Å²) in [6, 6.07) is 3.79. The molecule has 1 aromatic rings. The van der Waals surface area contributed by atoms with Crippen LogP contribution >= 0.6 is 0 Å². The highest BCUT2D eigenvalue weighted by molar-refractivity contribution is 5.77. The molecule has 104 valence electrons. The van der Waals surface area contributed by atoms with Gasteiger partial charge in [0.1, 0.15) is 0 Å². The Hall–Kier alpha value is -1.91. The Morgan fingerprint density at radius 1 is 1.37 bits per heavy atom. The van der Waals surface area contributed by atoms with Crippen LogP contribution < -0.4 is 0 Å². The molecule has 1 aromatic heterocycles. The number of carbonyl (C=O) groups is 2. The lowest BCUT2D eigenvalue weighted by atomic mass is 10.1. The Labute approximate surface area is 113 Å². The molecule has 19 heavy (non-hydrogen) atoms.